The molecule has 0 aliphatic rings. The number of benzene rings is 1. The third-order valence-corrected chi connectivity index (χ3v) is 4.85. The zero-order valence-corrected chi connectivity index (χ0v) is 16.3. The van der Waals surface area contributed by atoms with Crippen LogP contribution in [-0.2, 0) is 24.2 Å². The number of amides is 1. The lowest BCUT2D eigenvalue weighted by Crippen LogP contribution is -2.17. The number of carbonyl (C=O) groups is 1. The second-order valence-corrected chi connectivity index (χ2v) is 7.03. The number of alkyl halides is 6. The van der Waals surface area contributed by atoms with E-state index in [-0.39, 0.29) is 17.0 Å². The normalized spacial score (nSPS) is 12.1. The predicted molar refractivity (Wildman–Crippen MR) is 97.8 cm³/mol. The molecule has 3 rings (SSSR count). The van der Waals surface area contributed by atoms with E-state index in [4.69, 9.17) is 0 Å². The Balaban J connectivity index is 1.72. The number of rotatable bonds is 5. The number of nitrogens with zero attached hydrogens (tertiary/aromatic N) is 5. The highest BCUT2D eigenvalue weighted by molar-refractivity contribution is 7.99. The maximum atomic E-state index is 12.9. The smallest absolute Gasteiger partial charge is 0.325 e. The lowest BCUT2D eigenvalue weighted by molar-refractivity contribution is -0.143. The van der Waals surface area contributed by atoms with Gasteiger partial charge in [-0.1, -0.05) is 11.8 Å². The molecule has 0 radical (unpaired) electrons. The minimum atomic E-state index is -5.01. The summed E-state index contributed by atoms with van der Waals surface area (Å²) in [6.45, 7) is 0. The Morgan fingerprint density at radius 1 is 1.03 bits per heavy atom. The molecule has 1 N–H and O–H groups in total. The van der Waals surface area contributed by atoms with Crippen LogP contribution in [0.15, 0.2) is 41.9 Å². The maximum Gasteiger partial charge on any atom is 0.416 e. The molecule has 2 heterocycles. The van der Waals surface area contributed by atoms with E-state index in [9.17, 15) is 31.1 Å². The molecule has 0 unspecified atom stereocenters. The Labute approximate surface area is 174 Å². The molecule has 0 fully saturated rings. The highest BCUT2D eigenvalue weighted by Crippen LogP contribution is 2.37. The molecule has 0 saturated heterocycles. The van der Waals surface area contributed by atoms with E-state index in [1.54, 1.807) is 7.05 Å². The summed E-state index contributed by atoms with van der Waals surface area (Å²) < 4.78 is 79.0. The number of halogens is 6. The number of carbonyl (C=O) groups excluding carboxylic acids is 1. The van der Waals surface area contributed by atoms with Gasteiger partial charge in [0.25, 0.3) is 0 Å². The molecular formula is C17H12F6N6OS. The number of nitrogens with one attached hydrogen (secondary N) is 1. The van der Waals surface area contributed by atoms with Crippen molar-refractivity contribution in [3.63, 3.8) is 0 Å². The molecule has 0 aliphatic heterocycles. The molecule has 2 aromatic heterocycles. The molecule has 7 nitrogen and oxygen atoms in total. The molecule has 31 heavy (non-hydrogen) atoms. The lowest BCUT2D eigenvalue weighted by atomic mass is 10.1. The number of thioether (sulfide) groups is 1. The fraction of sp³-hybridized carbons (Fsp3) is 0.235. The summed E-state index contributed by atoms with van der Waals surface area (Å²) in [5, 5.41) is 10.2. The van der Waals surface area contributed by atoms with Crippen molar-refractivity contribution in [1.29, 1.82) is 0 Å². The molecule has 3 aromatic rings. The van der Waals surface area contributed by atoms with Gasteiger partial charge < -0.3 is 9.88 Å². The first-order valence-electron chi connectivity index (χ1n) is 8.33. The largest absolute Gasteiger partial charge is 0.416 e. The van der Waals surface area contributed by atoms with Crippen molar-refractivity contribution in [3.05, 3.63) is 47.9 Å². The van der Waals surface area contributed by atoms with Gasteiger partial charge in [0, 0.05) is 25.1 Å². The molecule has 1 aromatic carbocycles. The summed E-state index contributed by atoms with van der Waals surface area (Å²) in [6, 6.07) is 0.858. The Bertz CT molecular complexity index is 1050. The predicted octanol–water partition coefficient (Wildman–Crippen LogP) is 4.04. The Morgan fingerprint density at radius 2 is 1.68 bits per heavy atom. The minimum absolute atomic E-state index is 0.0159. The van der Waals surface area contributed by atoms with E-state index < -0.39 is 35.1 Å². The molecular weight excluding hydrogens is 450 g/mol. The summed E-state index contributed by atoms with van der Waals surface area (Å²) in [5.41, 5.74) is -3.23. The van der Waals surface area contributed by atoms with Gasteiger partial charge in [-0.15, -0.1) is 10.2 Å². The Morgan fingerprint density at radius 3 is 2.23 bits per heavy atom. The lowest BCUT2D eigenvalue weighted by Gasteiger charge is -2.14. The fourth-order valence-electron chi connectivity index (χ4n) is 2.43. The van der Waals surface area contributed by atoms with Crippen LogP contribution in [0.1, 0.15) is 11.1 Å². The van der Waals surface area contributed by atoms with Gasteiger partial charge in [-0.2, -0.15) is 26.3 Å². The zero-order valence-electron chi connectivity index (χ0n) is 15.5. The van der Waals surface area contributed by atoms with Crippen LogP contribution in [-0.4, -0.2) is 36.4 Å². The minimum Gasteiger partial charge on any atom is -0.325 e. The van der Waals surface area contributed by atoms with Crippen molar-refractivity contribution in [2.24, 2.45) is 7.05 Å². The maximum absolute atomic E-state index is 12.9. The number of anilines is 1. The van der Waals surface area contributed by atoms with Crippen LogP contribution in [0.3, 0.4) is 0 Å². The van der Waals surface area contributed by atoms with E-state index in [1.807, 2.05) is 0 Å². The first-order valence-corrected chi connectivity index (χ1v) is 9.31. The van der Waals surface area contributed by atoms with Crippen molar-refractivity contribution >= 4 is 23.4 Å². The molecule has 0 bridgehead atoms. The van der Waals surface area contributed by atoms with E-state index in [2.05, 4.69) is 25.5 Å². The van der Waals surface area contributed by atoms with Crippen molar-refractivity contribution in [2.75, 3.05) is 11.1 Å². The molecule has 14 heteroatoms. The monoisotopic (exact) mass is 462 g/mol. The van der Waals surface area contributed by atoms with E-state index in [0.717, 1.165) is 11.8 Å². The van der Waals surface area contributed by atoms with Crippen LogP contribution in [0.25, 0.3) is 11.5 Å². The first kappa shape index (κ1) is 22.5. The topological polar surface area (TPSA) is 85.6 Å². The number of aromatic nitrogens is 5. The second kappa shape index (κ2) is 8.53. The van der Waals surface area contributed by atoms with Crippen LogP contribution < -0.4 is 5.32 Å². The van der Waals surface area contributed by atoms with Crippen molar-refractivity contribution < 1.29 is 31.1 Å². The van der Waals surface area contributed by atoms with Gasteiger partial charge in [0.1, 0.15) is 5.69 Å². The zero-order chi connectivity index (χ0) is 22.8. The molecule has 0 aliphatic carbocycles. The summed E-state index contributed by atoms with van der Waals surface area (Å²) in [7, 11) is 1.60. The van der Waals surface area contributed by atoms with Gasteiger partial charge in [-0.25, -0.2) is 4.98 Å². The highest BCUT2D eigenvalue weighted by atomic mass is 32.2. The third kappa shape index (κ3) is 5.51. The Hall–Kier alpha value is -3.16. The number of hydrogen-bond donors (Lipinski definition) is 1. The van der Waals surface area contributed by atoms with Crippen LogP contribution >= 0.6 is 11.8 Å². The van der Waals surface area contributed by atoms with Gasteiger partial charge >= 0.3 is 12.4 Å². The third-order valence-electron chi connectivity index (χ3n) is 3.83. The molecule has 0 spiro atoms. The van der Waals surface area contributed by atoms with Crippen molar-refractivity contribution in [3.8, 4) is 11.5 Å². The summed E-state index contributed by atoms with van der Waals surface area (Å²) in [5.74, 6) is -0.783. The summed E-state index contributed by atoms with van der Waals surface area (Å²) in [4.78, 5) is 20.1. The second-order valence-electron chi connectivity index (χ2n) is 6.09. The fourth-order valence-corrected chi connectivity index (χ4v) is 3.14. The van der Waals surface area contributed by atoms with E-state index in [0.29, 0.717) is 23.7 Å². The molecule has 0 atom stereocenters. The van der Waals surface area contributed by atoms with Crippen molar-refractivity contribution in [1.82, 2.24) is 24.7 Å². The van der Waals surface area contributed by atoms with Crippen LogP contribution in [0.4, 0.5) is 32.0 Å². The van der Waals surface area contributed by atoms with Gasteiger partial charge in [-0.3, -0.25) is 9.78 Å². The molecule has 164 valence electrons. The van der Waals surface area contributed by atoms with Crippen LogP contribution in [0.2, 0.25) is 0 Å². The average molecular weight is 462 g/mol. The molecule has 1 amide bonds. The van der Waals surface area contributed by atoms with Gasteiger partial charge in [0.15, 0.2) is 11.0 Å². The van der Waals surface area contributed by atoms with E-state index >= 15 is 0 Å². The summed E-state index contributed by atoms with van der Waals surface area (Å²) >= 11 is 0.894. The molecule has 0 saturated carbocycles. The summed E-state index contributed by atoms with van der Waals surface area (Å²) in [6.07, 6.45) is -5.64. The quantitative estimate of drug-likeness (QED) is 0.455. The van der Waals surface area contributed by atoms with Crippen LogP contribution in [0.5, 0.6) is 0 Å². The van der Waals surface area contributed by atoms with Gasteiger partial charge in [-0.05, 0) is 18.2 Å². The Kier molecular flexibility index (Phi) is 6.20. The SMILES string of the molecule is Cn1c(SCC(=O)Nc2cc(C(F)(F)F)cc(C(F)(F)F)c2)nnc1-c1cnccn1. The standard InChI is InChI=1S/C17H12F6N6OS/c1-29-14(12-7-24-2-3-25-12)27-28-15(29)31-8-13(30)26-11-5-9(16(18,19)20)4-10(6-11)17(21,22)23/h2-7H,8H2,1H3,(H,26,30). The van der Waals surface area contributed by atoms with E-state index in [1.165, 1.54) is 23.2 Å². The first-order chi connectivity index (χ1) is 14.4. The van der Waals surface area contributed by atoms with Crippen molar-refractivity contribution in [2.45, 2.75) is 17.5 Å². The highest BCUT2D eigenvalue weighted by Gasteiger charge is 2.37. The van der Waals surface area contributed by atoms with Crippen LogP contribution in [0, 0.1) is 0 Å². The number of hydrogen-bond acceptors (Lipinski definition) is 6. The van der Waals surface area contributed by atoms with Gasteiger partial charge in [0.2, 0.25) is 5.91 Å². The average Bonchev–Trinajstić information content (AvgIpc) is 3.06. The van der Waals surface area contributed by atoms with Gasteiger partial charge in [0.05, 0.1) is 23.1 Å².